The van der Waals surface area contributed by atoms with Gasteiger partial charge in [-0.25, -0.2) is 9.52 Å². The van der Waals surface area contributed by atoms with Gasteiger partial charge in [0.15, 0.2) is 0 Å². The van der Waals surface area contributed by atoms with Crippen molar-refractivity contribution < 1.29 is 27.9 Å². The number of aliphatic carboxylic acids is 1. The minimum absolute atomic E-state index is 0.0754. The van der Waals surface area contributed by atoms with E-state index in [2.05, 4.69) is 4.74 Å². The molecule has 0 aromatic carbocycles. The lowest BCUT2D eigenvalue weighted by Gasteiger charge is -2.23. The number of amides is 1. The topological polar surface area (TPSA) is 113 Å². The van der Waals surface area contributed by atoms with Crippen molar-refractivity contribution in [2.45, 2.75) is 39.3 Å². The molecule has 1 unspecified atom stereocenters. The highest BCUT2D eigenvalue weighted by molar-refractivity contribution is 7.87. The van der Waals surface area contributed by atoms with Crippen LogP contribution >= 0.6 is 0 Å². The Morgan fingerprint density at radius 2 is 1.89 bits per heavy atom. The predicted molar refractivity (Wildman–Crippen MR) is 63.2 cm³/mol. The Bertz CT molecular complexity index is 405. The maximum Gasteiger partial charge on any atom is 0.422 e. The van der Waals surface area contributed by atoms with E-state index in [0.29, 0.717) is 4.31 Å². The van der Waals surface area contributed by atoms with Gasteiger partial charge in [-0.2, -0.15) is 12.7 Å². The van der Waals surface area contributed by atoms with Crippen LogP contribution in [0.3, 0.4) is 0 Å². The SMILES string of the molecule is CCC(C(=O)O)N(C)S(=O)(=O)NC(=O)OC(C)C. The van der Waals surface area contributed by atoms with E-state index < -0.39 is 34.4 Å². The quantitative estimate of drug-likeness (QED) is 0.717. The molecule has 1 amide bonds. The first kappa shape index (κ1) is 16.6. The van der Waals surface area contributed by atoms with Crippen molar-refractivity contribution in [2.24, 2.45) is 0 Å². The summed E-state index contributed by atoms with van der Waals surface area (Å²) in [6.45, 7) is 4.64. The highest BCUT2D eigenvalue weighted by Crippen LogP contribution is 2.07. The third-order valence-electron chi connectivity index (χ3n) is 2.04. The zero-order valence-corrected chi connectivity index (χ0v) is 11.5. The molecule has 0 saturated carbocycles. The lowest BCUT2D eigenvalue weighted by atomic mass is 10.2. The summed E-state index contributed by atoms with van der Waals surface area (Å²) >= 11 is 0. The molecule has 0 saturated heterocycles. The Kier molecular flexibility index (Phi) is 6.06. The minimum Gasteiger partial charge on any atom is -0.480 e. The summed E-state index contributed by atoms with van der Waals surface area (Å²) in [5.74, 6) is -1.29. The molecule has 0 aliphatic rings. The lowest BCUT2D eigenvalue weighted by Crippen LogP contribution is -2.49. The molecule has 1 atom stereocenters. The van der Waals surface area contributed by atoms with Crippen molar-refractivity contribution in [2.75, 3.05) is 7.05 Å². The first-order chi connectivity index (χ1) is 8.11. The molecule has 0 rings (SSSR count). The fourth-order valence-electron chi connectivity index (χ4n) is 1.17. The predicted octanol–water partition coefficient (Wildman–Crippen LogP) is 0.161. The van der Waals surface area contributed by atoms with Gasteiger partial charge >= 0.3 is 22.3 Å². The van der Waals surface area contributed by atoms with Crippen LogP contribution in [0.15, 0.2) is 0 Å². The van der Waals surface area contributed by atoms with Crippen molar-refractivity contribution in [3.63, 3.8) is 0 Å². The Hall–Kier alpha value is -1.35. The summed E-state index contributed by atoms with van der Waals surface area (Å²) in [5.41, 5.74) is 0. The molecule has 0 spiro atoms. The molecular formula is C9H18N2O6S. The number of ether oxygens (including phenoxy) is 1. The van der Waals surface area contributed by atoms with E-state index in [9.17, 15) is 18.0 Å². The molecule has 9 heteroatoms. The van der Waals surface area contributed by atoms with Gasteiger partial charge in [0, 0.05) is 7.05 Å². The molecule has 0 aromatic rings. The Morgan fingerprint density at radius 3 is 2.22 bits per heavy atom. The van der Waals surface area contributed by atoms with Crippen molar-refractivity contribution in [3.8, 4) is 0 Å². The van der Waals surface area contributed by atoms with E-state index in [1.54, 1.807) is 18.6 Å². The molecule has 8 nitrogen and oxygen atoms in total. The zero-order valence-electron chi connectivity index (χ0n) is 10.7. The second-order valence-corrected chi connectivity index (χ2v) is 5.57. The van der Waals surface area contributed by atoms with Crippen LogP contribution in [-0.4, -0.2) is 49.1 Å². The van der Waals surface area contributed by atoms with Crippen LogP contribution in [0.5, 0.6) is 0 Å². The Labute approximate surface area is 106 Å². The maximum absolute atomic E-state index is 11.7. The molecule has 0 bridgehead atoms. The monoisotopic (exact) mass is 282 g/mol. The van der Waals surface area contributed by atoms with E-state index in [0.717, 1.165) is 7.05 Å². The van der Waals surface area contributed by atoms with Crippen molar-refractivity contribution in [3.05, 3.63) is 0 Å². The summed E-state index contributed by atoms with van der Waals surface area (Å²) in [6.07, 6.45) is -1.55. The summed E-state index contributed by atoms with van der Waals surface area (Å²) in [7, 11) is -3.16. The summed E-state index contributed by atoms with van der Waals surface area (Å²) in [5, 5.41) is 8.84. The van der Waals surface area contributed by atoms with Crippen LogP contribution in [0.1, 0.15) is 27.2 Å². The van der Waals surface area contributed by atoms with Gasteiger partial charge in [-0.3, -0.25) is 4.79 Å². The number of carbonyl (C=O) groups excluding carboxylic acids is 1. The zero-order chi connectivity index (χ0) is 14.5. The second-order valence-electron chi connectivity index (χ2n) is 3.84. The first-order valence-electron chi connectivity index (χ1n) is 5.31. The fourth-order valence-corrected chi connectivity index (χ4v) is 2.15. The molecule has 0 heterocycles. The second kappa shape index (κ2) is 6.55. The smallest absolute Gasteiger partial charge is 0.422 e. The van der Waals surface area contributed by atoms with Gasteiger partial charge in [-0.05, 0) is 20.3 Å². The maximum atomic E-state index is 11.7. The van der Waals surface area contributed by atoms with Crippen LogP contribution in [-0.2, 0) is 19.7 Å². The number of carboxylic acid groups (broad SMARTS) is 1. The van der Waals surface area contributed by atoms with Gasteiger partial charge in [-0.1, -0.05) is 6.92 Å². The summed E-state index contributed by atoms with van der Waals surface area (Å²) in [6, 6.07) is -1.24. The summed E-state index contributed by atoms with van der Waals surface area (Å²) in [4.78, 5) is 22.0. The number of carbonyl (C=O) groups is 2. The number of hydrogen-bond acceptors (Lipinski definition) is 5. The van der Waals surface area contributed by atoms with Gasteiger partial charge in [-0.15, -0.1) is 0 Å². The van der Waals surface area contributed by atoms with Crippen LogP contribution < -0.4 is 4.72 Å². The third-order valence-corrected chi connectivity index (χ3v) is 3.48. The number of hydrogen-bond donors (Lipinski definition) is 2. The molecule has 0 radical (unpaired) electrons. The highest BCUT2D eigenvalue weighted by atomic mass is 32.2. The summed E-state index contributed by atoms with van der Waals surface area (Å²) < 4.78 is 30.2. The number of nitrogens with zero attached hydrogens (tertiary/aromatic N) is 1. The van der Waals surface area contributed by atoms with E-state index in [4.69, 9.17) is 5.11 Å². The molecule has 0 aliphatic heterocycles. The Morgan fingerprint density at radius 1 is 1.39 bits per heavy atom. The fraction of sp³-hybridized carbons (Fsp3) is 0.778. The van der Waals surface area contributed by atoms with Gasteiger partial charge < -0.3 is 9.84 Å². The molecule has 18 heavy (non-hydrogen) atoms. The number of rotatable bonds is 6. The molecular weight excluding hydrogens is 264 g/mol. The van der Waals surface area contributed by atoms with Crippen molar-refractivity contribution in [1.29, 1.82) is 0 Å². The van der Waals surface area contributed by atoms with Crippen LogP contribution in [0.2, 0.25) is 0 Å². The molecule has 0 aromatic heterocycles. The molecule has 2 N–H and O–H groups in total. The normalized spacial score (nSPS) is 13.4. The van der Waals surface area contributed by atoms with Gasteiger partial charge in [0.05, 0.1) is 6.10 Å². The molecule has 106 valence electrons. The number of likely N-dealkylation sites (N-methyl/N-ethyl adjacent to an activating group) is 1. The van der Waals surface area contributed by atoms with Gasteiger partial charge in [0.25, 0.3) is 0 Å². The van der Waals surface area contributed by atoms with Gasteiger partial charge in [0.1, 0.15) is 6.04 Å². The van der Waals surface area contributed by atoms with E-state index in [-0.39, 0.29) is 6.42 Å². The first-order valence-corrected chi connectivity index (χ1v) is 6.75. The van der Waals surface area contributed by atoms with Crippen LogP contribution in [0.25, 0.3) is 0 Å². The molecule has 0 aliphatic carbocycles. The van der Waals surface area contributed by atoms with Crippen molar-refractivity contribution >= 4 is 22.3 Å². The third kappa shape index (κ3) is 4.88. The van der Waals surface area contributed by atoms with Gasteiger partial charge in [0.2, 0.25) is 0 Å². The Balaban J connectivity index is 4.82. The number of carboxylic acids is 1. The average molecular weight is 282 g/mol. The minimum atomic E-state index is -4.23. The lowest BCUT2D eigenvalue weighted by molar-refractivity contribution is -0.141. The highest BCUT2D eigenvalue weighted by Gasteiger charge is 2.31. The van der Waals surface area contributed by atoms with E-state index in [1.165, 1.54) is 6.92 Å². The van der Waals surface area contributed by atoms with E-state index in [1.807, 2.05) is 0 Å². The average Bonchev–Trinajstić information content (AvgIpc) is 2.15. The van der Waals surface area contributed by atoms with Crippen molar-refractivity contribution in [1.82, 2.24) is 9.03 Å². The largest absolute Gasteiger partial charge is 0.480 e. The molecule has 0 fully saturated rings. The van der Waals surface area contributed by atoms with E-state index >= 15 is 0 Å². The standard InChI is InChI=1S/C9H18N2O6S/c1-5-7(8(12)13)11(4)18(15,16)10-9(14)17-6(2)3/h6-7H,5H2,1-4H3,(H,10,14)(H,12,13). The van der Waals surface area contributed by atoms with Crippen LogP contribution in [0, 0.1) is 0 Å². The van der Waals surface area contributed by atoms with Crippen LogP contribution in [0.4, 0.5) is 4.79 Å². The number of nitrogens with one attached hydrogen (secondary N) is 1.